The fourth-order valence-corrected chi connectivity index (χ4v) is 7.06. The quantitative estimate of drug-likeness (QED) is 0.165. The standard InChI is InChI=1S/C37H44N4O4S/c1-3-11-33(38-2)29-18-16-27(17-19-29)24-34(37(43)40-22-9-10-23-40)39-36(42)26-35(30-13-5-4-6-14-30)41(46(44)45)32-21-20-28-12-7-8-15-31(28)25-32/h4-8,12-21,25,33-35,38H,3,9-11,22-24,26H2,1-2H3,(H,39,42)(H,44,45)/p-1. The zero-order chi connectivity index (χ0) is 32.5. The van der Waals surface area contributed by atoms with Gasteiger partial charge in [0.15, 0.2) is 0 Å². The lowest BCUT2D eigenvalue weighted by Crippen LogP contribution is -2.49. The molecule has 0 aliphatic carbocycles. The maximum absolute atomic E-state index is 13.9. The minimum atomic E-state index is -2.68. The van der Waals surface area contributed by atoms with Gasteiger partial charge < -0.3 is 20.1 Å². The molecule has 0 saturated carbocycles. The molecule has 1 aliphatic heterocycles. The number of rotatable bonds is 14. The second kappa shape index (κ2) is 16.0. The third-order valence-corrected chi connectivity index (χ3v) is 9.58. The molecule has 0 spiro atoms. The van der Waals surface area contributed by atoms with Crippen molar-refractivity contribution < 1.29 is 18.4 Å². The molecule has 1 fully saturated rings. The van der Waals surface area contributed by atoms with E-state index in [1.54, 1.807) is 6.07 Å². The molecule has 2 amide bonds. The Kier molecular flexibility index (Phi) is 11.6. The van der Waals surface area contributed by atoms with Crippen molar-refractivity contribution in [1.82, 2.24) is 15.5 Å². The maximum atomic E-state index is 13.9. The van der Waals surface area contributed by atoms with Crippen LogP contribution in [-0.2, 0) is 27.3 Å². The van der Waals surface area contributed by atoms with Crippen molar-refractivity contribution in [3.63, 3.8) is 0 Å². The van der Waals surface area contributed by atoms with Crippen LogP contribution in [0, 0.1) is 0 Å². The normalized spacial score (nSPS) is 15.7. The number of nitrogens with one attached hydrogen (secondary N) is 2. The molecule has 9 heteroatoms. The number of nitrogens with zero attached hydrogens (tertiary/aromatic N) is 2. The largest absolute Gasteiger partial charge is 0.755 e. The summed E-state index contributed by atoms with van der Waals surface area (Å²) in [5, 5.41) is 8.26. The third-order valence-electron chi connectivity index (χ3n) is 8.79. The van der Waals surface area contributed by atoms with Crippen LogP contribution in [0.15, 0.2) is 97.1 Å². The maximum Gasteiger partial charge on any atom is 0.245 e. The van der Waals surface area contributed by atoms with Crippen LogP contribution in [-0.4, -0.2) is 51.7 Å². The highest BCUT2D eigenvalue weighted by atomic mass is 32.2. The summed E-state index contributed by atoms with van der Waals surface area (Å²) in [7, 11) is 1.96. The highest BCUT2D eigenvalue weighted by molar-refractivity contribution is 7.80. The third kappa shape index (κ3) is 8.20. The first-order chi connectivity index (χ1) is 22.4. The fraction of sp³-hybridized carbons (Fsp3) is 0.351. The van der Waals surface area contributed by atoms with Crippen molar-refractivity contribution in [3.8, 4) is 0 Å². The summed E-state index contributed by atoms with van der Waals surface area (Å²) in [6, 6.07) is 29.2. The van der Waals surface area contributed by atoms with Gasteiger partial charge in [-0.25, -0.2) is 0 Å². The van der Waals surface area contributed by atoms with Gasteiger partial charge in [-0.15, -0.1) is 0 Å². The number of hydrogen-bond donors (Lipinski definition) is 2. The molecular formula is C37H43N4O4S-. The van der Waals surface area contributed by atoms with E-state index in [2.05, 4.69) is 29.7 Å². The zero-order valence-corrected chi connectivity index (χ0v) is 27.4. The number of benzene rings is 4. The Morgan fingerprint density at radius 2 is 1.57 bits per heavy atom. The Bertz CT molecular complexity index is 1630. The minimum absolute atomic E-state index is 0.107. The van der Waals surface area contributed by atoms with Gasteiger partial charge in [-0.1, -0.05) is 98.3 Å². The van der Waals surface area contributed by atoms with Gasteiger partial charge in [0.2, 0.25) is 11.8 Å². The number of carbonyl (C=O) groups is 2. The molecule has 1 aliphatic rings. The molecule has 0 bridgehead atoms. The smallest absolute Gasteiger partial charge is 0.245 e. The Morgan fingerprint density at radius 3 is 2.22 bits per heavy atom. The summed E-state index contributed by atoms with van der Waals surface area (Å²) < 4.78 is 26.9. The van der Waals surface area contributed by atoms with Crippen LogP contribution < -0.4 is 14.9 Å². The molecule has 0 aromatic heterocycles. The molecular weight excluding hydrogens is 596 g/mol. The van der Waals surface area contributed by atoms with E-state index >= 15 is 0 Å². The van der Waals surface area contributed by atoms with E-state index in [1.165, 1.54) is 9.87 Å². The van der Waals surface area contributed by atoms with E-state index < -0.39 is 29.3 Å². The van der Waals surface area contributed by atoms with E-state index in [4.69, 9.17) is 0 Å². The topological polar surface area (TPSA) is 105 Å². The monoisotopic (exact) mass is 639 g/mol. The van der Waals surface area contributed by atoms with Gasteiger partial charge in [-0.3, -0.25) is 18.1 Å². The summed E-state index contributed by atoms with van der Waals surface area (Å²) in [6.07, 6.45) is 4.15. The lowest BCUT2D eigenvalue weighted by molar-refractivity contribution is -0.135. The molecule has 242 valence electrons. The van der Waals surface area contributed by atoms with Crippen LogP contribution in [0.2, 0.25) is 0 Å². The van der Waals surface area contributed by atoms with Gasteiger partial charge in [0.1, 0.15) is 6.04 Å². The van der Waals surface area contributed by atoms with E-state index in [0.717, 1.165) is 42.0 Å². The molecule has 5 rings (SSSR count). The predicted octanol–water partition coefficient (Wildman–Crippen LogP) is 5.98. The van der Waals surface area contributed by atoms with Gasteiger partial charge in [0, 0.05) is 42.5 Å². The first-order valence-corrected chi connectivity index (χ1v) is 17.2. The number of carbonyl (C=O) groups excluding carboxylic acids is 2. The van der Waals surface area contributed by atoms with Gasteiger partial charge in [-0.05, 0) is 65.9 Å². The fourth-order valence-electron chi connectivity index (χ4n) is 6.37. The van der Waals surface area contributed by atoms with E-state index in [0.29, 0.717) is 30.8 Å². The molecule has 46 heavy (non-hydrogen) atoms. The number of amides is 2. The van der Waals surface area contributed by atoms with Crippen molar-refractivity contribution in [1.29, 1.82) is 0 Å². The molecule has 2 N–H and O–H groups in total. The first kappa shape index (κ1) is 33.3. The summed E-state index contributed by atoms with van der Waals surface area (Å²) in [5.41, 5.74) is 3.27. The lowest BCUT2D eigenvalue weighted by atomic mass is 9.98. The van der Waals surface area contributed by atoms with Gasteiger partial charge in [0.05, 0.1) is 12.5 Å². The molecule has 4 aromatic carbocycles. The van der Waals surface area contributed by atoms with Gasteiger partial charge >= 0.3 is 0 Å². The van der Waals surface area contributed by atoms with Crippen molar-refractivity contribution in [2.75, 3.05) is 24.4 Å². The van der Waals surface area contributed by atoms with Crippen LogP contribution in [0.25, 0.3) is 10.8 Å². The average Bonchev–Trinajstić information content (AvgIpc) is 3.62. The van der Waals surface area contributed by atoms with Crippen LogP contribution in [0.1, 0.15) is 67.8 Å². The number of fused-ring (bicyclic) bond motifs is 1. The van der Waals surface area contributed by atoms with E-state index in [1.807, 2.05) is 90.8 Å². The van der Waals surface area contributed by atoms with Gasteiger partial charge in [0.25, 0.3) is 0 Å². The highest BCUT2D eigenvalue weighted by Crippen LogP contribution is 2.33. The van der Waals surface area contributed by atoms with Crippen molar-refractivity contribution in [3.05, 3.63) is 114 Å². The van der Waals surface area contributed by atoms with Crippen LogP contribution >= 0.6 is 0 Å². The summed E-state index contributed by atoms with van der Waals surface area (Å²) in [5.74, 6) is -0.499. The number of anilines is 1. The Labute approximate surface area is 274 Å². The summed E-state index contributed by atoms with van der Waals surface area (Å²) in [6.45, 7) is 3.50. The van der Waals surface area contributed by atoms with E-state index in [-0.39, 0.29) is 18.4 Å². The molecule has 0 radical (unpaired) electrons. The molecule has 1 heterocycles. The Morgan fingerprint density at radius 1 is 0.891 bits per heavy atom. The SMILES string of the molecule is CCCC(NC)c1ccc(CC(NC(=O)CC(c2ccccc2)N(c2ccc3ccccc3c2)S(=O)[O-])C(=O)N2CCCC2)cc1. The van der Waals surface area contributed by atoms with Crippen LogP contribution in [0.3, 0.4) is 0 Å². The molecule has 1 saturated heterocycles. The molecule has 4 aromatic rings. The number of likely N-dealkylation sites (tertiary alicyclic amines) is 1. The van der Waals surface area contributed by atoms with Crippen LogP contribution in [0.4, 0.5) is 5.69 Å². The van der Waals surface area contributed by atoms with E-state index in [9.17, 15) is 18.4 Å². The molecule has 4 atom stereocenters. The number of hydrogen-bond acceptors (Lipinski definition) is 5. The Hall–Kier alpha value is -4.05. The van der Waals surface area contributed by atoms with Crippen molar-refractivity contribution >= 4 is 39.5 Å². The zero-order valence-electron chi connectivity index (χ0n) is 26.6. The van der Waals surface area contributed by atoms with Gasteiger partial charge in [-0.2, -0.15) is 0 Å². The van der Waals surface area contributed by atoms with Crippen LogP contribution in [0.5, 0.6) is 0 Å². The predicted molar refractivity (Wildman–Crippen MR) is 184 cm³/mol. The lowest BCUT2D eigenvalue weighted by Gasteiger charge is -2.35. The summed E-state index contributed by atoms with van der Waals surface area (Å²) in [4.78, 5) is 29.4. The van der Waals surface area contributed by atoms with Crippen molar-refractivity contribution in [2.24, 2.45) is 0 Å². The highest BCUT2D eigenvalue weighted by Gasteiger charge is 2.31. The first-order valence-electron chi connectivity index (χ1n) is 16.1. The second-order valence-electron chi connectivity index (χ2n) is 11.9. The Balaban J connectivity index is 1.41. The average molecular weight is 640 g/mol. The second-order valence-corrected chi connectivity index (χ2v) is 12.8. The summed E-state index contributed by atoms with van der Waals surface area (Å²) >= 11 is -2.68. The molecule has 8 nitrogen and oxygen atoms in total. The van der Waals surface area contributed by atoms with Crippen molar-refractivity contribution in [2.45, 2.75) is 63.6 Å². The minimum Gasteiger partial charge on any atom is -0.755 e. The molecule has 4 unspecified atom stereocenters.